The van der Waals surface area contributed by atoms with Gasteiger partial charge in [-0.2, -0.15) is 0 Å². The molecular weight excluding hydrogens is 240 g/mol. The second kappa shape index (κ2) is 6.23. The molecule has 1 aliphatic carbocycles. The average molecular weight is 268 g/mol. The Morgan fingerprint density at radius 1 is 1.32 bits per heavy atom. The Bertz CT molecular complexity index is 321. The van der Waals surface area contributed by atoms with E-state index in [1.165, 1.54) is 32.2 Å². The van der Waals surface area contributed by atoms with E-state index in [1.54, 1.807) is 0 Å². The maximum atomic E-state index is 11.4. The number of hydrogen-bond acceptors (Lipinski definition) is 3. The minimum absolute atomic E-state index is 0.153. The molecule has 0 radical (unpaired) electrons. The summed E-state index contributed by atoms with van der Waals surface area (Å²) in [4.78, 5) is 13.9. The molecule has 19 heavy (non-hydrogen) atoms. The Kier molecular flexibility index (Phi) is 4.85. The first kappa shape index (κ1) is 14.8. The predicted molar refractivity (Wildman–Crippen MR) is 76.0 cm³/mol. The van der Waals surface area contributed by atoms with Crippen LogP contribution in [0.4, 0.5) is 0 Å². The Hall–Kier alpha value is -0.610. The largest absolute Gasteiger partial charge is 0.480 e. The predicted octanol–water partition coefficient (Wildman–Crippen LogP) is 2.22. The summed E-state index contributed by atoms with van der Waals surface area (Å²) in [5.74, 6) is -0.653. The third-order valence-corrected chi connectivity index (χ3v) is 5.23. The average Bonchev–Trinajstić information content (AvgIpc) is 2.63. The van der Waals surface area contributed by atoms with Crippen molar-refractivity contribution >= 4 is 5.97 Å². The molecule has 3 atom stereocenters. The van der Waals surface area contributed by atoms with E-state index in [-0.39, 0.29) is 5.92 Å². The van der Waals surface area contributed by atoms with Crippen LogP contribution in [0.15, 0.2) is 0 Å². The second-order valence-corrected chi connectivity index (χ2v) is 6.46. The van der Waals surface area contributed by atoms with Gasteiger partial charge in [0, 0.05) is 6.04 Å². The van der Waals surface area contributed by atoms with Gasteiger partial charge < -0.3 is 15.7 Å². The van der Waals surface area contributed by atoms with Crippen LogP contribution in [0.2, 0.25) is 0 Å². The minimum atomic E-state index is -0.963. The van der Waals surface area contributed by atoms with Crippen LogP contribution >= 0.6 is 0 Å². The smallest absolute Gasteiger partial charge is 0.323 e. The van der Waals surface area contributed by atoms with Crippen molar-refractivity contribution in [1.82, 2.24) is 4.90 Å². The summed E-state index contributed by atoms with van der Waals surface area (Å²) >= 11 is 0. The van der Waals surface area contributed by atoms with Crippen LogP contribution in [0.5, 0.6) is 0 Å². The third kappa shape index (κ3) is 3.29. The second-order valence-electron chi connectivity index (χ2n) is 6.46. The molecule has 0 aromatic rings. The first-order chi connectivity index (χ1) is 9.04. The van der Waals surface area contributed by atoms with E-state index >= 15 is 0 Å². The van der Waals surface area contributed by atoms with Gasteiger partial charge in [-0.3, -0.25) is 4.79 Å². The van der Waals surface area contributed by atoms with Gasteiger partial charge in [0.05, 0.1) is 0 Å². The van der Waals surface area contributed by atoms with E-state index < -0.39 is 11.5 Å². The molecule has 3 N–H and O–H groups in total. The first-order valence-corrected chi connectivity index (χ1v) is 7.80. The van der Waals surface area contributed by atoms with Crippen molar-refractivity contribution in [1.29, 1.82) is 0 Å². The van der Waals surface area contributed by atoms with Gasteiger partial charge in [0.2, 0.25) is 0 Å². The van der Waals surface area contributed by atoms with Crippen LogP contribution in [-0.2, 0) is 4.79 Å². The van der Waals surface area contributed by atoms with E-state index in [4.69, 9.17) is 5.73 Å². The highest BCUT2D eigenvalue weighted by Crippen LogP contribution is 2.36. The summed E-state index contributed by atoms with van der Waals surface area (Å²) < 4.78 is 0. The lowest BCUT2D eigenvalue weighted by atomic mass is 9.85. The first-order valence-electron chi connectivity index (χ1n) is 7.80. The quantitative estimate of drug-likeness (QED) is 0.820. The van der Waals surface area contributed by atoms with Gasteiger partial charge in [-0.25, -0.2) is 0 Å². The molecule has 4 nitrogen and oxygen atoms in total. The molecular formula is C15H28N2O2. The molecule has 0 aromatic heterocycles. The molecule has 1 aliphatic heterocycles. The molecule has 0 bridgehead atoms. The van der Waals surface area contributed by atoms with Crippen LogP contribution in [0.25, 0.3) is 0 Å². The topological polar surface area (TPSA) is 66.6 Å². The monoisotopic (exact) mass is 268 g/mol. The fourth-order valence-corrected chi connectivity index (χ4v) is 3.77. The molecule has 2 rings (SSSR count). The molecule has 2 fully saturated rings. The van der Waals surface area contributed by atoms with Gasteiger partial charge >= 0.3 is 5.97 Å². The van der Waals surface area contributed by atoms with Gasteiger partial charge in [-0.1, -0.05) is 19.3 Å². The van der Waals surface area contributed by atoms with Crippen molar-refractivity contribution in [3.8, 4) is 0 Å². The van der Waals surface area contributed by atoms with E-state index in [2.05, 4.69) is 11.8 Å². The summed E-state index contributed by atoms with van der Waals surface area (Å²) in [5.41, 5.74) is 5.15. The zero-order chi connectivity index (χ0) is 13.9. The number of carbonyl (C=O) groups is 1. The van der Waals surface area contributed by atoms with E-state index in [0.29, 0.717) is 12.5 Å². The number of carboxylic acids is 1. The molecule has 1 saturated carbocycles. The van der Waals surface area contributed by atoms with Crippen LogP contribution in [0.1, 0.15) is 58.3 Å². The standard InChI is InChI=1S/C15H28N2O2/c1-12-6-3-2-4-10-17(12)11-8-13-7-5-9-15(13,16)14(18)19/h12-13H,2-11,16H2,1H3,(H,18,19). The van der Waals surface area contributed by atoms with E-state index in [9.17, 15) is 9.90 Å². The van der Waals surface area contributed by atoms with Gasteiger partial charge in [0.25, 0.3) is 0 Å². The molecule has 110 valence electrons. The summed E-state index contributed by atoms with van der Waals surface area (Å²) in [6, 6.07) is 0.640. The number of rotatable bonds is 4. The zero-order valence-corrected chi connectivity index (χ0v) is 12.1. The zero-order valence-electron chi connectivity index (χ0n) is 12.1. The highest BCUT2D eigenvalue weighted by atomic mass is 16.4. The number of nitrogens with zero attached hydrogens (tertiary/aromatic N) is 1. The lowest BCUT2D eigenvalue weighted by Gasteiger charge is -2.31. The Morgan fingerprint density at radius 2 is 2.11 bits per heavy atom. The minimum Gasteiger partial charge on any atom is -0.480 e. The molecule has 2 aliphatic rings. The maximum Gasteiger partial charge on any atom is 0.323 e. The number of nitrogens with two attached hydrogens (primary N) is 1. The Morgan fingerprint density at radius 3 is 2.84 bits per heavy atom. The van der Waals surface area contributed by atoms with E-state index in [1.807, 2.05) is 0 Å². The van der Waals surface area contributed by atoms with Gasteiger partial charge in [0.1, 0.15) is 5.54 Å². The van der Waals surface area contributed by atoms with Crippen LogP contribution in [0.3, 0.4) is 0 Å². The summed E-state index contributed by atoms with van der Waals surface area (Å²) in [6.07, 6.45) is 8.74. The van der Waals surface area contributed by atoms with Gasteiger partial charge in [0.15, 0.2) is 0 Å². The highest BCUT2D eigenvalue weighted by molar-refractivity contribution is 5.79. The number of aliphatic carboxylic acids is 1. The molecule has 0 aromatic carbocycles. The van der Waals surface area contributed by atoms with E-state index in [0.717, 1.165) is 25.8 Å². The fraction of sp³-hybridized carbons (Fsp3) is 0.933. The summed E-state index contributed by atoms with van der Waals surface area (Å²) in [7, 11) is 0. The van der Waals surface area contributed by atoms with Crippen molar-refractivity contribution in [2.75, 3.05) is 13.1 Å². The van der Waals surface area contributed by atoms with Crippen LogP contribution in [-0.4, -0.2) is 40.6 Å². The van der Waals surface area contributed by atoms with Crippen LogP contribution in [0, 0.1) is 5.92 Å². The lowest BCUT2D eigenvalue weighted by molar-refractivity contribution is -0.144. The Labute approximate surface area is 116 Å². The highest BCUT2D eigenvalue weighted by Gasteiger charge is 2.45. The van der Waals surface area contributed by atoms with Crippen molar-refractivity contribution in [3.05, 3.63) is 0 Å². The molecule has 1 heterocycles. The number of carboxylic acid groups (broad SMARTS) is 1. The lowest BCUT2D eigenvalue weighted by Crippen LogP contribution is -2.51. The van der Waals surface area contributed by atoms with Crippen molar-refractivity contribution in [2.24, 2.45) is 11.7 Å². The molecule has 1 saturated heterocycles. The van der Waals surface area contributed by atoms with Crippen molar-refractivity contribution in [2.45, 2.75) is 69.9 Å². The summed E-state index contributed by atoms with van der Waals surface area (Å²) in [5, 5.41) is 9.34. The normalized spacial score (nSPS) is 37.2. The molecule has 0 amide bonds. The van der Waals surface area contributed by atoms with Gasteiger partial charge in [-0.05, 0) is 58.0 Å². The fourth-order valence-electron chi connectivity index (χ4n) is 3.77. The van der Waals surface area contributed by atoms with Gasteiger partial charge in [-0.15, -0.1) is 0 Å². The molecule has 0 spiro atoms. The number of likely N-dealkylation sites (tertiary alicyclic amines) is 1. The maximum absolute atomic E-state index is 11.4. The number of hydrogen-bond donors (Lipinski definition) is 2. The van der Waals surface area contributed by atoms with Crippen LogP contribution < -0.4 is 5.73 Å². The van der Waals surface area contributed by atoms with Crippen molar-refractivity contribution < 1.29 is 9.90 Å². The molecule has 4 heteroatoms. The van der Waals surface area contributed by atoms with Crippen molar-refractivity contribution in [3.63, 3.8) is 0 Å². The summed E-state index contributed by atoms with van der Waals surface area (Å²) in [6.45, 7) is 4.48. The third-order valence-electron chi connectivity index (χ3n) is 5.23. The SMILES string of the molecule is CC1CCCCCN1CCC1CCCC1(N)C(=O)O. The molecule has 3 unspecified atom stereocenters. The Balaban J connectivity index is 1.88.